The molecule has 2 aliphatic rings. The number of hydrogen-bond donors (Lipinski definition) is 1. The van der Waals surface area contributed by atoms with Crippen LogP contribution in [0.4, 0.5) is 5.69 Å². The third-order valence-electron chi connectivity index (χ3n) is 11.0. The fraction of sp³-hybridized carbons (Fsp3) is 0.295. The Kier molecular flexibility index (Phi) is 10.5. The van der Waals surface area contributed by atoms with Crippen molar-refractivity contribution in [3.05, 3.63) is 136 Å². The highest BCUT2D eigenvalue weighted by Gasteiger charge is 2.34. The van der Waals surface area contributed by atoms with E-state index in [1.165, 1.54) is 5.56 Å². The molecule has 3 heterocycles. The van der Waals surface area contributed by atoms with Crippen molar-refractivity contribution in [2.45, 2.75) is 39.4 Å². The Labute approximate surface area is 316 Å². The summed E-state index contributed by atoms with van der Waals surface area (Å²) in [7, 11) is 3.52. The summed E-state index contributed by atoms with van der Waals surface area (Å²) in [5.74, 6) is 0.238. The topological polar surface area (TPSA) is 111 Å². The zero-order valence-corrected chi connectivity index (χ0v) is 31.2. The number of phenolic OH excluding ortho intramolecular Hbond substituents is 1. The van der Waals surface area contributed by atoms with Crippen LogP contribution in [0, 0.1) is 25.2 Å². The lowest BCUT2D eigenvalue weighted by atomic mass is 9.91. The molecule has 0 aliphatic carbocycles. The third kappa shape index (κ3) is 7.21. The minimum absolute atomic E-state index is 0.0717. The Morgan fingerprint density at radius 3 is 2.44 bits per heavy atom. The first-order valence-electron chi connectivity index (χ1n) is 18.3. The molecule has 54 heavy (non-hydrogen) atoms. The number of anilines is 1. The molecule has 1 atom stereocenters. The van der Waals surface area contributed by atoms with E-state index < -0.39 is 0 Å². The van der Waals surface area contributed by atoms with E-state index in [9.17, 15) is 20.0 Å². The molecule has 5 aromatic rings. The second-order valence-corrected chi connectivity index (χ2v) is 14.1. The number of ether oxygens (including phenoxy) is 2. The number of aryl methyl sites for hydroxylation is 1. The Morgan fingerprint density at radius 2 is 1.72 bits per heavy atom. The van der Waals surface area contributed by atoms with Gasteiger partial charge in [-0.25, -0.2) is 0 Å². The van der Waals surface area contributed by atoms with Crippen LogP contribution in [0.25, 0.3) is 11.1 Å². The van der Waals surface area contributed by atoms with Gasteiger partial charge in [0, 0.05) is 68.0 Å². The van der Waals surface area contributed by atoms with Crippen molar-refractivity contribution in [3.63, 3.8) is 0 Å². The van der Waals surface area contributed by atoms with Gasteiger partial charge >= 0.3 is 0 Å². The van der Waals surface area contributed by atoms with E-state index in [0.717, 1.165) is 35.5 Å². The summed E-state index contributed by atoms with van der Waals surface area (Å²) < 4.78 is 13.1. The molecule has 2 amide bonds. The number of hydrogen-bond acceptors (Lipinski definition) is 7. The van der Waals surface area contributed by atoms with Gasteiger partial charge in [-0.15, -0.1) is 0 Å². The van der Waals surface area contributed by atoms with Gasteiger partial charge in [-0.2, -0.15) is 5.26 Å². The van der Waals surface area contributed by atoms with Gasteiger partial charge in [0.2, 0.25) is 0 Å². The highest BCUT2D eigenvalue weighted by molar-refractivity contribution is 6.08. The molecule has 10 nitrogen and oxygen atoms in total. The molecule has 1 N–H and O–H groups in total. The third-order valence-corrected chi connectivity index (χ3v) is 11.0. The van der Waals surface area contributed by atoms with Gasteiger partial charge in [0.05, 0.1) is 44.1 Å². The minimum Gasteiger partial charge on any atom is -0.507 e. The van der Waals surface area contributed by atoms with Crippen LogP contribution < -0.4 is 9.64 Å². The predicted octanol–water partition coefficient (Wildman–Crippen LogP) is 6.64. The molecule has 1 aromatic heterocycles. The van der Waals surface area contributed by atoms with Crippen LogP contribution in [0.1, 0.15) is 54.2 Å². The van der Waals surface area contributed by atoms with E-state index in [2.05, 4.69) is 23.1 Å². The summed E-state index contributed by atoms with van der Waals surface area (Å²) in [5, 5.41) is 21.5. The van der Waals surface area contributed by atoms with Crippen LogP contribution in [0.3, 0.4) is 0 Å². The molecule has 1 saturated heterocycles. The quantitative estimate of drug-likeness (QED) is 0.182. The number of carbonyl (C=O) groups excluding carboxylic acids is 2. The maximum absolute atomic E-state index is 14.9. The molecular weight excluding hydrogens is 679 g/mol. The summed E-state index contributed by atoms with van der Waals surface area (Å²) in [5.41, 5.74) is 7.50. The van der Waals surface area contributed by atoms with Crippen LogP contribution >= 0.6 is 0 Å². The standard InChI is InChI=1S/C44H45N5O5/c1-29-33(10-7-11-42(29)53-4)26-48(43(51)37-16-17-46(3)30(37)2)35-13-15-41(50)40(24-35)39-22-31(25-45)12-14-38(39)44(52)49-27-34-9-6-5-8-32(34)23-36(49)28-47-18-20-54-21-19-47/h5-17,22,24,36,50H,18-21,23,26-28H2,1-4H3/t36-/m0/s1. The maximum Gasteiger partial charge on any atom is 0.260 e. The van der Waals surface area contributed by atoms with Gasteiger partial charge in [-0.1, -0.05) is 36.4 Å². The SMILES string of the molecule is COc1cccc(CN(C(=O)c2ccn(C)c2C)c2ccc(O)c(-c3cc(C#N)ccc3C(=O)N3Cc4ccccc4C[C@H]3CN3CCOCC3)c2)c1C. The number of phenols is 1. The monoisotopic (exact) mass is 723 g/mol. The molecular formula is C44H45N5O5. The van der Waals surface area contributed by atoms with Crippen molar-refractivity contribution in [3.8, 4) is 28.7 Å². The molecule has 0 unspecified atom stereocenters. The lowest BCUT2D eigenvalue weighted by Gasteiger charge is -2.40. The van der Waals surface area contributed by atoms with Crippen molar-refractivity contribution in [1.82, 2.24) is 14.4 Å². The minimum atomic E-state index is -0.216. The molecule has 10 heteroatoms. The van der Waals surface area contributed by atoms with E-state index in [-0.39, 0.29) is 30.2 Å². The molecule has 0 bridgehead atoms. The van der Waals surface area contributed by atoms with E-state index in [1.54, 1.807) is 48.4 Å². The molecule has 1 fully saturated rings. The number of morpholine rings is 1. The lowest BCUT2D eigenvalue weighted by molar-refractivity contribution is 0.0193. The molecule has 4 aromatic carbocycles. The van der Waals surface area contributed by atoms with Crippen molar-refractivity contribution >= 4 is 17.5 Å². The molecule has 276 valence electrons. The number of carbonyl (C=O) groups is 2. The Balaban J connectivity index is 1.32. The van der Waals surface area contributed by atoms with E-state index in [4.69, 9.17) is 9.47 Å². The molecule has 0 spiro atoms. The van der Waals surface area contributed by atoms with Crippen molar-refractivity contribution in [2.75, 3.05) is 44.9 Å². The molecule has 0 radical (unpaired) electrons. The average Bonchev–Trinajstić information content (AvgIpc) is 3.54. The van der Waals surface area contributed by atoms with Crippen LogP contribution in [0.5, 0.6) is 11.5 Å². The molecule has 2 aliphatic heterocycles. The zero-order chi connectivity index (χ0) is 37.9. The smallest absolute Gasteiger partial charge is 0.260 e. The summed E-state index contributed by atoms with van der Waals surface area (Å²) in [4.78, 5) is 35.3. The van der Waals surface area contributed by atoms with E-state index >= 15 is 0 Å². The number of rotatable bonds is 9. The fourth-order valence-corrected chi connectivity index (χ4v) is 7.64. The maximum atomic E-state index is 14.9. The second-order valence-electron chi connectivity index (χ2n) is 14.1. The average molecular weight is 724 g/mol. The van der Waals surface area contributed by atoms with Gasteiger partial charge in [0.25, 0.3) is 11.8 Å². The fourth-order valence-electron chi connectivity index (χ4n) is 7.64. The summed E-state index contributed by atoms with van der Waals surface area (Å²) in [6.45, 7) is 8.15. The van der Waals surface area contributed by atoms with Crippen LogP contribution in [0.2, 0.25) is 0 Å². The largest absolute Gasteiger partial charge is 0.507 e. The number of benzene rings is 4. The normalized spacial score (nSPS) is 15.7. The lowest BCUT2D eigenvalue weighted by Crippen LogP contribution is -2.52. The highest BCUT2D eigenvalue weighted by atomic mass is 16.5. The van der Waals surface area contributed by atoms with Crippen molar-refractivity contribution in [1.29, 1.82) is 5.26 Å². The van der Waals surface area contributed by atoms with Gasteiger partial charge in [0.15, 0.2) is 0 Å². The van der Waals surface area contributed by atoms with E-state index in [1.807, 2.05) is 73.0 Å². The first kappa shape index (κ1) is 36.5. The number of aromatic nitrogens is 1. The number of nitriles is 1. The number of methoxy groups -OCH3 is 1. The van der Waals surface area contributed by atoms with Crippen LogP contribution in [-0.2, 0) is 31.3 Å². The number of aromatic hydroxyl groups is 1. The number of fused-ring (bicyclic) bond motifs is 1. The van der Waals surface area contributed by atoms with E-state index in [0.29, 0.717) is 72.0 Å². The number of amides is 2. The summed E-state index contributed by atoms with van der Waals surface area (Å²) >= 11 is 0. The van der Waals surface area contributed by atoms with Crippen LogP contribution in [0.15, 0.2) is 91.1 Å². The first-order chi connectivity index (χ1) is 26.2. The first-order valence-corrected chi connectivity index (χ1v) is 18.3. The predicted molar refractivity (Wildman–Crippen MR) is 208 cm³/mol. The molecule has 7 rings (SSSR count). The van der Waals surface area contributed by atoms with Gasteiger partial charge in [-0.3, -0.25) is 14.5 Å². The number of nitrogens with zero attached hydrogens (tertiary/aromatic N) is 5. The van der Waals surface area contributed by atoms with Crippen molar-refractivity contribution in [2.24, 2.45) is 7.05 Å². The molecule has 0 saturated carbocycles. The highest BCUT2D eigenvalue weighted by Crippen LogP contribution is 2.38. The Morgan fingerprint density at radius 1 is 0.944 bits per heavy atom. The van der Waals surface area contributed by atoms with Gasteiger partial charge < -0.3 is 28.9 Å². The Bertz CT molecular complexity index is 2250. The van der Waals surface area contributed by atoms with Crippen LogP contribution in [-0.4, -0.2) is 77.3 Å². The summed E-state index contributed by atoms with van der Waals surface area (Å²) in [6.07, 6.45) is 2.57. The second kappa shape index (κ2) is 15.6. The van der Waals surface area contributed by atoms with Gasteiger partial charge in [-0.05, 0) is 96.6 Å². The van der Waals surface area contributed by atoms with Gasteiger partial charge in [0.1, 0.15) is 11.5 Å². The zero-order valence-electron chi connectivity index (χ0n) is 31.2. The van der Waals surface area contributed by atoms with Crippen molar-refractivity contribution < 1.29 is 24.2 Å². The Hall–Kier alpha value is -5.89. The summed E-state index contributed by atoms with van der Waals surface area (Å²) in [6, 6.07) is 27.9.